The van der Waals surface area contributed by atoms with Crippen LogP contribution in [0.3, 0.4) is 0 Å². The minimum atomic E-state index is -0.565. The number of hydrogen-bond acceptors (Lipinski definition) is 5. The molecule has 1 N–H and O–H groups in total. The summed E-state index contributed by atoms with van der Waals surface area (Å²) in [5.74, 6) is -1.36. The zero-order valence-corrected chi connectivity index (χ0v) is 18.7. The average Bonchev–Trinajstić information content (AvgIpc) is 3.24. The molecule has 3 atom stereocenters. The molecule has 0 aliphatic carbocycles. The predicted octanol–water partition coefficient (Wildman–Crippen LogP) is 4.66. The Morgan fingerprint density at radius 3 is 2.43 bits per heavy atom. The molecule has 1 aromatic heterocycles. The van der Waals surface area contributed by atoms with Gasteiger partial charge in [-0.15, -0.1) is 0 Å². The quantitative estimate of drug-likeness (QED) is 0.533. The minimum absolute atomic E-state index is 0.171. The van der Waals surface area contributed by atoms with Gasteiger partial charge >= 0.3 is 4.87 Å². The van der Waals surface area contributed by atoms with Gasteiger partial charge in [-0.2, -0.15) is 0 Å². The molecule has 0 saturated carbocycles. The average molecular weight is 499 g/mol. The lowest BCUT2D eigenvalue weighted by Crippen LogP contribution is -2.31. The molecule has 2 aliphatic rings. The first-order valence-electron chi connectivity index (χ1n) is 9.29. The number of carbonyl (C=O) groups is 2. The molecule has 2 aromatic carbocycles. The fourth-order valence-electron chi connectivity index (χ4n) is 3.89. The molecule has 30 heavy (non-hydrogen) atoms. The van der Waals surface area contributed by atoms with Crippen molar-refractivity contribution in [3.05, 3.63) is 85.3 Å². The monoisotopic (exact) mass is 498 g/mol. The van der Waals surface area contributed by atoms with E-state index in [9.17, 15) is 14.4 Å². The summed E-state index contributed by atoms with van der Waals surface area (Å²) in [5.41, 5.74) is 1.56. The number of hydrogen-bond donors (Lipinski definition) is 1. The van der Waals surface area contributed by atoms with Gasteiger partial charge in [-0.25, -0.2) is 4.90 Å². The standard InChI is InChI=1S/C22H15BrN2O3S2/c23-13-7-9-14(10-8-13)25-20(26)16-15(11-6-12-4-2-1-3-5-12)17-19(24-22(28)30-17)29-18(16)21(25)27/h1-11,15-16,18H,(H,24,28)/b11-6+/t15-,16+,18+/m1/s1. The Balaban J connectivity index is 1.57. The Morgan fingerprint density at radius 1 is 0.967 bits per heavy atom. The summed E-state index contributed by atoms with van der Waals surface area (Å²) >= 11 is 5.78. The zero-order chi connectivity index (χ0) is 20.8. The number of nitrogens with zero attached hydrogens (tertiary/aromatic N) is 1. The van der Waals surface area contributed by atoms with E-state index in [1.807, 2.05) is 54.6 Å². The van der Waals surface area contributed by atoms with Crippen LogP contribution in [0.5, 0.6) is 0 Å². The maximum absolute atomic E-state index is 13.4. The van der Waals surface area contributed by atoms with Crippen molar-refractivity contribution in [2.75, 3.05) is 4.90 Å². The lowest BCUT2D eigenvalue weighted by Gasteiger charge is -2.27. The zero-order valence-electron chi connectivity index (χ0n) is 15.4. The van der Waals surface area contributed by atoms with E-state index in [0.29, 0.717) is 10.7 Å². The number of aromatic nitrogens is 1. The number of benzene rings is 2. The van der Waals surface area contributed by atoms with Crippen LogP contribution in [0, 0.1) is 5.92 Å². The highest BCUT2D eigenvalue weighted by Crippen LogP contribution is 2.51. The normalized spacial score (nSPS) is 23.1. The second-order valence-electron chi connectivity index (χ2n) is 7.06. The Labute approximate surface area is 188 Å². The third-order valence-corrected chi connectivity index (χ3v) is 8.20. The van der Waals surface area contributed by atoms with E-state index in [0.717, 1.165) is 26.3 Å². The number of imide groups is 1. The van der Waals surface area contributed by atoms with Crippen molar-refractivity contribution in [3.8, 4) is 0 Å². The van der Waals surface area contributed by atoms with Gasteiger partial charge in [-0.05, 0) is 29.8 Å². The van der Waals surface area contributed by atoms with Gasteiger partial charge in [0.2, 0.25) is 11.8 Å². The number of rotatable bonds is 3. The predicted molar refractivity (Wildman–Crippen MR) is 123 cm³/mol. The van der Waals surface area contributed by atoms with Crippen LogP contribution in [0.2, 0.25) is 0 Å². The molecule has 3 aromatic rings. The van der Waals surface area contributed by atoms with E-state index in [-0.39, 0.29) is 22.6 Å². The first-order chi connectivity index (χ1) is 14.5. The number of fused-ring (bicyclic) bond motifs is 2. The van der Waals surface area contributed by atoms with Crippen molar-refractivity contribution >= 4 is 62.6 Å². The largest absolute Gasteiger partial charge is 0.307 e. The summed E-state index contributed by atoms with van der Waals surface area (Å²) in [4.78, 5) is 43.5. The molecule has 5 rings (SSSR count). The highest BCUT2D eigenvalue weighted by atomic mass is 79.9. The van der Waals surface area contributed by atoms with Gasteiger partial charge in [0.15, 0.2) is 0 Å². The number of H-pyrrole nitrogens is 1. The van der Waals surface area contributed by atoms with Crippen molar-refractivity contribution in [3.63, 3.8) is 0 Å². The molecule has 1 fully saturated rings. The molecule has 0 radical (unpaired) electrons. The fourth-order valence-corrected chi connectivity index (χ4v) is 6.64. The Hall–Kier alpha value is -2.42. The topological polar surface area (TPSA) is 70.2 Å². The van der Waals surface area contributed by atoms with E-state index in [2.05, 4.69) is 20.9 Å². The molecule has 150 valence electrons. The van der Waals surface area contributed by atoms with Crippen LogP contribution in [0.15, 0.2) is 75.0 Å². The molecular formula is C22H15BrN2O3S2. The molecule has 2 amide bonds. The Kier molecular flexibility index (Phi) is 5.00. The van der Waals surface area contributed by atoms with Crippen molar-refractivity contribution < 1.29 is 9.59 Å². The van der Waals surface area contributed by atoms with Crippen LogP contribution in [-0.4, -0.2) is 22.0 Å². The highest BCUT2D eigenvalue weighted by molar-refractivity contribution is 9.10. The number of halogens is 1. The number of thioether (sulfide) groups is 1. The second kappa shape index (κ2) is 7.68. The van der Waals surface area contributed by atoms with Crippen LogP contribution in [0.4, 0.5) is 5.69 Å². The summed E-state index contributed by atoms with van der Waals surface area (Å²) in [6.45, 7) is 0. The van der Waals surface area contributed by atoms with Gasteiger partial charge in [0.1, 0.15) is 5.25 Å². The van der Waals surface area contributed by atoms with Crippen molar-refractivity contribution in [1.82, 2.24) is 4.98 Å². The number of aromatic amines is 1. The first kappa shape index (κ1) is 19.5. The maximum Gasteiger partial charge on any atom is 0.305 e. The lowest BCUT2D eigenvalue weighted by atomic mass is 9.88. The second-order valence-corrected chi connectivity index (χ2v) is 10.1. The van der Waals surface area contributed by atoms with Crippen LogP contribution < -0.4 is 9.77 Å². The third-order valence-electron chi connectivity index (χ3n) is 5.25. The number of nitrogens with one attached hydrogen (secondary N) is 1. The molecule has 0 spiro atoms. The molecular weight excluding hydrogens is 484 g/mol. The summed E-state index contributed by atoms with van der Waals surface area (Å²) < 4.78 is 0.876. The fraction of sp³-hybridized carbons (Fsp3) is 0.136. The SMILES string of the molecule is O=C1[C@@H]2[C@H](Sc3[nH]c(=O)sc3[C@@H]2/C=C/c2ccccc2)C(=O)N1c1ccc(Br)cc1. The van der Waals surface area contributed by atoms with Crippen LogP contribution >= 0.6 is 39.0 Å². The van der Waals surface area contributed by atoms with E-state index in [4.69, 9.17) is 0 Å². The molecule has 1 saturated heterocycles. The molecule has 0 bridgehead atoms. The number of thiazole rings is 1. The summed E-state index contributed by atoms with van der Waals surface area (Å²) in [6, 6.07) is 16.9. The van der Waals surface area contributed by atoms with Gasteiger partial charge in [-0.3, -0.25) is 14.4 Å². The summed E-state index contributed by atoms with van der Waals surface area (Å²) in [6.07, 6.45) is 3.90. The van der Waals surface area contributed by atoms with Crippen molar-refractivity contribution in [1.29, 1.82) is 0 Å². The van der Waals surface area contributed by atoms with Gasteiger partial charge in [0.25, 0.3) is 0 Å². The maximum atomic E-state index is 13.4. The van der Waals surface area contributed by atoms with E-state index in [1.54, 1.807) is 12.1 Å². The number of carbonyl (C=O) groups excluding carboxylic acids is 2. The molecule has 2 aliphatic heterocycles. The Morgan fingerprint density at radius 2 is 1.70 bits per heavy atom. The number of amides is 2. The minimum Gasteiger partial charge on any atom is -0.307 e. The van der Waals surface area contributed by atoms with Gasteiger partial charge < -0.3 is 4.98 Å². The first-order valence-corrected chi connectivity index (χ1v) is 11.8. The lowest BCUT2D eigenvalue weighted by molar-refractivity contribution is -0.122. The molecule has 5 nitrogen and oxygen atoms in total. The summed E-state index contributed by atoms with van der Waals surface area (Å²) in [7, 11) is 0. The molecule has 0 unspecified atom stereocenters. The molecule has 8 heteroatoms. The van der Waals surface area contributed by atoms with Crippen LogP contribution in [0.1, 0.15) is 16.4 Å². The Bertz CT molecular complexity index is 1220. The van der Waals surface area contributed by atoms with E-state index < -0.39 is 11.2 Å². The van der Waals surface area contributed by atoms with Crippen molar-refractivity contribution in [2.45, 2.75) is 16.2 Å². The smallest absolute Gasteiger partial charge is 0.305 e. The van der Waals surface area contributed by atoms with Gasteiger partial charge in [0.05, 0.1) is 16.6 Å². The highest BCUT2D eigenvalue weighted by Gasteiger charge is 2.55. The van der Waals surface area contributed by atoms with Gasteiger partial charge in [0, 0.05) is 15.3 Å². The number of allylic oxidation sites excluding steroid dienone is 1. The number of anilines is 1. The molecule has 3 heterocycles. The van der Waals surface area contributed by atoms with Gasteiger partial charge in [-0.1, -0.05) is 81.5 Å². The summed E-state index contributed by atoms with van der Waals surface area (Å²) in [5, 5.41) is 0.122. The third kappa shape index (κ3) is 3.29. The van der Waals surface area contributed by atoms with Crippen molar-refractivity contribution in [2.24, 2.45) is 5.92 Å². The van der Waals surface area contributed by atoms with Crippen LogP contribution in [0.25, 0.3) is 6.08 Å². The van der Waals surface area contributed by atoms with E-state index >= 15 is 0 Å². The van der Waals surface area contributed by atoms with E-state index in [1.165, 1.54) is 16.7 Å². The van der Waals surface area contributed by atoms with Crippen LogP contribution in [-0.2, 0) is 9.59 Å².